The molecule has 3 rings (SSSR count). The van der Waals surface area contributed by atoms with Gasteiger partial charge in [-0.2, -0.15) is 0 Å². The third-order valence-corrected chi connectivity index (χ3v) is 3.29. The van der Waals surface area contributed by atoms with Gasteiger partial charge in [-0.3, -0.25) is 9.78 Å². The summed E-state index contributed by atoms with van der Waals surface area (Å²) in [6.07, 6.45) is 6.60. The second-order valence-electron chi connectivity index (χ2n) is 4.36. The lowest BCUT2D eigenvalue weighted by Crippen LogP contribution is -2.12. The number of H-pyrrole nitrogens is 1. The number of nitrogens with zero attached hydrogens (tertiary/aromatic N) is 2. The quantitative estimate of drug-likeness (QED) is 0.765. The summed E-state index contributed by atoms with van der Waals surface area (Å²) in [6.45, 7) is 0. The van der Waals surface area contributed by atoms with Crippen LogP contribution in [0, 0.1) is 0 Å². The van der Waals surface area contributed by atoms with Gasteiger partial charge in [0.2, 0.25) is 0 Å². The molecule has 6 heteroatoms. The van der Waals surface area contributed by atoms with Crippen molar-refractivity contribution >= 4 is 27.5 Å². The van der Waals surface area contributed by atoms with Crippen molar-refractivity contribution in [2.45, 2.75) is 0 Å². The zero-order chi connectivity index (χ0) is 14.7. The average Bonchev–Trinajstić information content (AvgIpc) is 3.02. The second-order valence-corrected chi connectivity index (χ2v) is 5.28. The van der Waals surface area contributed by atoms with E-state index in [0.717, 1.165) is 15.9 Å². The number of aromatic nitrogens is 3. The van der Waals surface area contributed by atoms with E-state index in [1.165, 1.54) is 6.20 Å². The van der Waals surface area contributed by atoms with Crippen LogP contribution in [-0.2, 0) is 0 Å². The zero-order valence-electron chi connectivity index (χ0n) is 10.9. The van der Waals surface area contributed by atoms with Crippen LogP contribution in [0.5, 0.6) is 0 Å². The Kier molecular flexibility index (Phi) is 3.79. The maximum absolute atomic E-state index is 12.2. The van der Waals surface area contributed by atoms with Gasteiger partial charge < -0.3 is 10.3 Å². The number of carbonyl (C=O) groups is 1. The van der Waals surface area contributed by atoms with Crippen LogP contribution in [0.1, 0.15) is 10.4 Å². The molecule has 0 saturated carbocycles. The Labute approximate surface area is 129 Å². The number of anilines is 1. The monoisotopic (exact) mass is 342 g/mol. The van der Waals surface area contributed by atoms with E-state index < -0.39 is 0 Å². The van der Waals surface area contributed by atoms with E-state index in [1.54, 1.807) is 24.7 Å². The molecule has 0 spiro atoms. The minimum Gasteiger partial charge on any atom is -0.345 e. The van der Waals surface area contributed by atoms with Crippen molar-refractivity contribution in [3.63, 3.8) is 0 Å². The lowest BCUT2D eigenvalue weighted by Gasteiger charge is -2.06. The van der Waals surface area contributed by atoms with Crippen molar-refractivity contribution in [1.82, 2.24) is 15.0 Å². The largest absolute Gasteiger partial charge is 0.345 e. The molecule has 0 radical (unpaired) electrons. The molecule has 2 heterocycles. The predicted octanol–water partition coefficient (Wildman–Crippen LogP) is 3.49. The topological polar surface area (TPSA) is 70.7 Å². The first-order valence-corrected chi connectivity index (χ1v) is 7.03. The summed E-state index contributed by atoms with van der Waals surface area (Å²) in [4.78, 5) is 23.4. The fourth-order valence-corrected chi connectivity index (χ4v) is 2.27. The van der Waals surface area contributed by atoms with Crippen LogP contribution in [0.2, 0.25) is 0 Å². The van der Waals surface area contributed by atoms with Gasteiger partial charge in [0.15, 0.2) is 0 Å². The molecule has 0 aliphatic carbocycles. The first-order chi connectivity index (χ1) is 10.2. The van der Waals surface area contributed by atoms with Crippen molar-refractivity contribution in [3.8, 4) is 11.4 Å². The second kappa shape index (κ2) is 5.88. The highest BCUT2D eigenvalue weighted by molar-refractivity contribution is 9.10. The van der Waals surface area contributed by atoms with Gasteiger partial charge in [0.25, 0.3) is 5.91 Å². The minimum absolute atomic E-state index is 0.208. The lowest BCUT2D eigenvalue weighted by atomic mass is 10.2. The van der Waals surface area contributed by atoms with Crippen LogP contribution in [0.4, 0.5) is 5.69 Å². The number of benzene rings is 1. The number of halogens is 1. The Morgan fingerprint density at radius 1 is 1.24 bits per heavy atom. The SMILES string of the molecule is O=C(Nc1cccc(-c2ncc[nH]2)c1)c1cncc(Br)c1. The molecule has 21 heavy (non-hydrogen) atoms. The summed E-state index contributed by atoms with van der Waals surface area (Å²) in [6, 6.07) is 9.21. The Bertz CT molecular complexity index is 771. The van der Waals surface area contributed by atoms with Crippen LogP contribution >= 0.6 is 15.9 Å². The molecule has 2 aromatic heterocycles. The van der Waals surface area contributed by atoms with Crippen LogP contribution in [0.25, 0.3) is 11.4 Å². The van der Waals surface area contributed by atoms with Gasteiger partial charge in [-0.25, -0.2) is 4.98 Å². The smallest absolute Gasteiger partial charge is 0.257 e. The van der Waals surface area contributed by atoms with Gasteiger partial charge in [0.05, 0.1) is 5.56 Å². The molecule has 0 saturated heterocycles. The van der Waals surface area contributed by atoms with Gasteiger partial charge in [-0.15, -0.1) is 0 Å². The Hall–Kier alpha value is -2.47. The Morgan fingerprint density at radius 2 is 2.14 bits per heavy atom. The summed E-state index contributed by atoms with van der Waals surface area (Å²) in [7, 11) is 0. The van der Waals surface area contributed by atoms with Gasteiger partial charge >= 0.3 is 0 Å². The van der Waals surface area contributed by atoms with Gasteiger partial charge in [-0.05, 0) is 34.1 Å². The van der Waals surface area contributed by atoms with E-state index in [1.807, 2.05) is 24.3 Å². The van der Waals surface area contributed by atoms with Crippen LogP contribution in [0.3, 0.4) is 0 Å². The Morgan fingerprint density at radius 3 is 2.90 bits per heavy atom. The number of pyridine rings is 1. The highest BCUT2D eigenvalue weighted by Gasteiger charge is 2.08. The molecular formula is C15H11BrN4O. The highest BCUT2D eigenvalue weighted by Crippen LogP contribution is 2.20. The molecule has 5 nitrogen and oxygen atoms in total. The molecule has 0 unspecified atom stereocenters. The molecule has 0 aliphatic heterocycles. The van der Waals surface area contributed by atoms with E-state index in [4.69, 9.17) is 0 Å². The molecule has 0 fully saturated rings. The molecule has 0 bridgehead atoms. The van der Waals surface area contributed by atoms with E-state index in [-0.39, 0.29) is 5.91 Å². The number of hydrogen-bond donors (Lipinski definition) is 2. The molecular weight excluding hydrogens is 332 g/mol. The maximum atomic E-state index is 12.2. The van der Waals surface area contributed by atoms with Crippen molar-refractivity contribution in [2.75, 3.05) is 5.32 Å². The Balaban J connectivity index is 1.82. The summed E-state index contributed by atoms with van der Waals surface area (Å²) >= 11 is 3.30. The number of hydrogen-bond acceptors (Lipinski definition) is 3. The van der Waals surface area contributed by atoms with Gasteiger partial charge in [-0.1, -0.05) is 12.1 Å². The standard InChI is InChI=1S/C15H11BrN4O/c16-12-6-11(8-17-9-12)15(21)20-13-3-1-2-10(7-13)14-18-4-5-19-14/h1-9H,(H,18,19)(H,20,21). The maximum Gasteiger partial charge on any atom is 0.257 e. The average molecular weight is 343 g/mol. The zero-order valence-corrected chi connectivity index (χ0v) is 12.5. The molecule has 0 atom stereocenters. The van der Waals surface area contributed by atoms with Crippen LogP contribution < -0.4 is 5.32 Å². The summed E-state index contributed by atoms with van der Waals surface area (Å²) in [5, 5.41) is 2.85. The van der Waals surface area contributed by atoms with Crippen LogP contribution in [-0.4, -0.2) is 20.9 Å². The van der Waals surface area contributed by atoms with Crippen molar-refractivity contribution in [2.24, 2.45) is 0 Å². The third kappa shape index (κ3) is 3.17. The molecule has 1 aromatic carbocycles. The number of aromatic amines is 1. The van der Waals surface area contributed by atoms with E-state index in [2.05, 4.69) is 36.2 Å². The molecule has 2 N–H and O–H groups in total. The predicted molar refractivity (Wildman–Crippen MR) is 83.9 cm³/mol. The molecule has 1 amide bonds. The van der Waals surface area contributed by atoms with Gasteiger partial charge in [0.1, 0.15) is 5.82 Å². The fourth-order valence-electron chi connectivity index (χ4n) is 1.91. The van der Waals surface area contributed by atoms with Crippen molar-refractivity contribution < 1.29 is 4.79 Å². The number of nitrogens with one attached hydrogen (secondary N) is 2. The lowest BCUT2D eigenvalue weighted by molar-refractivity contribution is 0.102. The third-order valence-electron chi connectivity index (χ3n) is 2.86. The minimum atomic E-state index is -0.208. The van der Waals surface area contributed by atoms with E-state index in [0.29, 0.717) is 11.3 Å². The summed E-state index contributed by atoms with van der Waals surface area (Å²) < 4.78 is 0.763. The van der Waals surface area contributed by atoms with Crippen molar-refractivity contribution in [3.05, 3.63) is 65.2 Å². The normalized spacial score (nSPS) is 10.3. The van der Waals surface area contributed by atoms with E-state index >= 15 is 0 Å². The summed E-state index contributed by atoms with van der Waals surface area (Å²) in [5.41, 5.74) is 2.10. The van der Waals surface area contributed by atoms with E-state index in [9.17, 15) is 4.79 Å². The summed E-state index contributed by atoms with van der Waals surface area (Å²) in [5.74, 6) is 0.551. The van der Waals surface area contributed by atoms with Gasteiger partial charge in [0, 0.05) is 40.5 Å². The fraction of sp³-hybridized carbons (Fsp3) is 0. The first-order valence-electron chi connectivity index (χ1n) is 6.24. The number of amides is 1. The van der Waals surface area contributed by atoms with Crippen LogP contribution in [0.15, 0.2) is 59.6 Å². The first kappa shape index (κ1) is 13.5. The number of imidazole rings is 1. The molecule has 3 aromatic rings. The van der Waals surface area contributed by atoms with Crippen molar-refractivity contribution in [1.29, 1.82) is 0 Å². The number of carbonyl (C=O) groups excluding carboxylic acids is 1. The highest BCUT2D eigenvalue weighted by atomic mass is 79.9. The molecule has 104 valence electrons. The number of rotatable bonds is 3. The molecule has 0 aliphatic rings.